The Bertz CT molecular complexity index is 1820. The summed E-state index contributed by atoms with van der Waals surface area (Å²) in [4.78, 5) is 27.1. The van der Waals surface area contributed by atoms with Gasteiger partial charge in [0.25, 0.3) is 15.9 Å². The molecule has 0 aliphatic carbocycles. The Morgan fingerprint density at radius 2 is 1.54 bits per heavy atom. The molecule has 0 N–H and O–H groups in total. The van der Waals surface area contributed by atoms with E-state index in [1.165, 1.54) is 24.3 Å². The average molecular weight is 568 g/mol. The van der Waals surface area contributed by atoms with Gasteiger partial charge in [-0.15, -0.1) is 0 Å². The van der Waals surface area contributed by atoms with Crippen molar-refractivity contribution in [3.8, 4) is 11.3 Å². The Labute approximate surface area is 239 Å². The minimum absolute atomic E-state index is 0.0296. The molecular weight excluding hydrogens is 538 g/mol. The zero-order valence-corrected chi connectivity index (χ0v) is 23.8. The second-order valence-electron chi connectivity index (χ2n) is 9.51. The molecule has 4 aromatic carbocycles. The lowest BCUT2D eigenvalue weighted by atomic mass is 10.0. The number of sulfonamides is 1. The van der Waals surface area contributed by atoms with Gasteiger partial charge in [0.15, 0.2) is 0 Å². The Kier molecular flexibility index (Phi) is 7.77. The number of fused-ring (bicyclic) bond motifs is 1. The molecule has 0 aliphatic heterocycles. The highest BCUT2D eigenvalue weighted by molar-refractivity contribution is 7.93. The second-order valence-corrected chi connectivity index (χ2v) is 11.3. The maximum Gasteiger partial charge on any atom is 0.342 e. The van der Waals surface area contributed by atoms with E-state index in [0.29, 0.717) is 22.3 Å². The number of esters is 1. The van der Waals surface area contributed by atoms with Gasteiger partial charge in [-0.05, 0) is 68.3 Å². The summed E-state index contributed by atoms with van der Waals surface area (Å²) in [7, 11) is -4.36. The van der Waals surface area contributed by atoms with Crippen molar-refractivity contribution < 1.29 is 27.2 Å². The minimum Gasteiger partial charge on any atom is -0.462 e. The number of hydrogen-bond acceptors (Lipinski definition) is 6. The van der Waals surface area contributed by atoms with Crippen molar-refractivity contribution in [2.45, 2.75) is 32.1 Å². The van der Waals surface area contributed by atoms with Gasteiger partial charge in [-0.2, -0.15) is 4.31 Å². The number of ether oxygens (including phenoxy) is 1. The van der Waals surface area contributed by atoms with Crippen molar-refractivity contribution >= 4 is 38.6 Å². The molecule has 5 aromatic rings. The Balaban J connectivity index is 1.73. The van der Waals surface area contributed by atoms with E-state index < -0.39 is 21.9 Å². The summed E-state index contributed by atoms with van der Waals surface area (Å²) >= 11 is 0. The first-order valence-corrected chi connectivity index (χ1v) is 14.7. The van der Waals surface area contributed by atoms with Gasteiger partial charge in [-0.3, -0.25) is 4.79 Å². The first-order chi connectivity index (χ1) is 19.7. The molecule has 1 heterocycles. The molecule has 0 radical (unpaired) electrons. The fourth-order valence-electron chi connectivity index (χ4n) is 4.59. The number of nitrogens with zero attached hydrogens (tertiary/aromatic N) is 1. The van der Waals surface area contributed by atoms with Crippen LogP contribution in [-0.2, 0) is 21.2 Å². The minimum atomic E-state index is -4.36. The third-order valence-corrected chi connectivity index (χ3v) is 8.50. The van der Waals surface area contributed by atoms with E-state index in [1.807, 2.05) is 32.0 Å². The van der Waals surface area contributed by atoms with E-state index in [0.717, 1.165) is 21.9 Å². The lowest BCUT2D eigenvalue weighted by Gasteiger charge is -2.23. The van der Waals surface area contributed by atoms with Gasteiger partial charge in [0.05, 0.1) is 17.2 Å². The van der Waals surface area contributed by atoms with Crippen LogP contribution in [0.4, 0.5) is 5.69 Å². The zero-order valence-electron chi connectivity index (χ0n) is 23.0. The number of carbonyl (C=O) groups is 2. The first kappa shape index (κ1) is 27.9. The standard InChI is InChI=1S/C33H29NO6S/c1-4-23-13-18-27(19-14-23)41(37,38)34(32(35)25-15-11-22(3)12-16-25)26-17-20-29-28(21-26)30(33(36)39-5-2)31(40-29)24-9-7-6-8-10-24/h6-21H,4-5H2,1-3H3. The molecule has 7 nitrogen and oxygen atoms in total. The van der Waals surface area contributed by atoms with Crippen LogP contribution in [0, 0.1) is 6.92 Å². The van der Waals surface area contributed by atoms with Gasteiger partial charge in [0.2, 0.25) is 0 Å². The summed E-state index contributed by atoms with van der Waals surface area (Å²) < 4.78 is 40.4. The highest BCUT2D eigenvalue weighted by Gasteiger charge is 2.33. The van der Waals surface area contributed by atoms with Crippen LogP contribution in [0.15, 0.2) is 106 Å². The van der Waals surface area contributed by atoms with E-state index in [9.17, 15) is 18.0 Å². The molecule has 0 saturated carbocycles. The van der Waals surface area contributed by atoms with Crippen molar-refractivity contribution in [3.63, 3.8) is 0 Å². The summed E-state index contributed by atoms with van der Waals surface area (Å²) in [5.41, 5.74) is 3.32. The molecule has 1 amide bonds. The fraction of sp³-hybridized carbons (Fsp3) is 0.152. The van der Waals surface area contributed by atoms with E-state index in [4.69, 9.17) is 9.15 Å². The van der Waals surface area contributed by atoms with Crippen LogP contribution >= 0.6 is 0 Å². The smallest absolute Gasteiger partial charge is 0.342 e. The summed E-state index contributed by atoms with van der Waals surface area (Å²) in [6.07, 6.45) is 0.740. The molecule has 41 heavy (non-hydrogen) atoms. The fourth-order valence-corrected chi connectivity index (χ4v) is 6.00. The Hall–Kier alpha value is -4.69. The number of hydrogen-bond donors (Lipinski definition) is 0. The lowest BCUT2D eigenvalue weighted by Crippen LogP contribution is -2.37. The van der Waals surface area contributed by atoms with Crippen LogP contribution in [0.2, 0.25) is 0 Å². The van der Waals surface area contributed by atoms with E-state index in [1.54, 1.807) is 61.5 Å². The lowest BCUT2D eigenvalue weighted by molar-refractivity contribution is 0.0528. The number of rotatable bonds is 8. The van der Waals surface area contributed by atoms with Crippen LogP contribution in [-0.4, -0.2) is 26.9 Å². The molecule has 0 spiro atoms. The molecular formula is C33H29NO6S. The van der Waals surface area contributed by atoms with Gasteiger partial charge < -0.3 is 9.15 Å². The summed E-state index contributed by atoms with van der Waals surface area (Å²) in [6, 6.07) is 26.8. The SMILES string of the molecule is CCOC(=O)c1c(-c2ccccc2)oc2ccc(N(C(=O)c3ccc(C)cc3)S(=O)(=O)c3ccc(CC)cc3)cc12. The van der Waals surface area contributed by atoms with Gasteiger partial charge >= 0.3 is 5.97 Å². The molecule has 1 aromatic heterocycles. The largest absolute Gasteiger partial charge is 0.462 e. The molecule has 208 valence electrons. The molecule has 0 unspecified atom stereocenters. The number of amides is 1. The summed E-state index contributed by atoms with van der Waals surface area (Å²) in [5.74, 6) is -1.05. The second kappa shape index (κ2) is 11.4. The topological polar surface area (TPSA) is 93.9 Å². The molecule has 0 bridgehead atoms. The Morgan fingerprint density at radius 3 is 2.17 bits per heavy atom. The molecule has 0 fully saturated rings. The maximum absolute atomic E-state index is 14.1. The van der Waals surface area contributed by atoms with Gasteiger partial charge in [-0.1, -0.05) is 67.1 Å². The van der Waals surface area contributed by atoms with Gasteiger partial charge in [0.1, 0.15) is 16.9 Å². The van der Waals surface area contributed by atoms with Crippen molar-refractivity contribution in [1.29, 1.82) is 0 Å². The number of aryl methyl sites for hydroxylation is 2. The highest BCUT2D eigenvalue weighted by Crippen LogP contribution is 2.37. The van der Waals surface area contributed by atoms with Crippen molar-refractivity contribution in [3.05, 3.63) is 119 Å². The number of furan rings is 1. The van der Waals surface area contributed by atoms with E-state index >= 15 is 0 Å². The predicted molar refractivity (Wildman–Crippen MR) is 159 cm³/mol. The summed E-state index contributed by atoms with van der Waals surface area (Å²) in [6.45, 7) is 5.69. The van der Waals surface area contributed by atoms with Crippen LogP contribution in [0.3, 0.4) is 0 Å². The maximum atomic E-state index is 14.1. The van der Waals surface area contributed by atoms with Crippen LogP contribution < -0.4 is 4.31 Å². The first-order valence-electron chi connectivity index (χ1n) is 13.3. The Morgan fingerprint density at radius 1 is 0.854 bits per heavy atom. The van der Waals surface area contributed by atoms with Crippen LogP contribution in [0.25, 0.3) is 22.3 Å². The van der Waals surface area contributed by atoms with Crippen LogP contribution in [0.5, 0.6) is 0 Å². The van der Waals surface area contributed by atoms with Crippen molar-refractivity contribution in [2.75, 3.05) is 10.9 Å². The highest BCUT2D eigenvalue weighted by atomic mass is 32.2. The molecule has 0 saturated heterocycles. The molecule has 5 rings (SSSR count). The van der Waals surface area contributed by atoms with E-state index in [2.05, 4.69) is 0 Å². The predicted octanol–water partition coefficient (Wildman–Crippen LogP) is 7.18. The van der Waals surface area contributed by atoms with E-state index in [-0.39, 0.29) is 28.3 Å². The number of carbonyl (C=O) groups excluding carboxylic acids is 2. The average Bonchev–Trinajstić information content (AvgIpc) is 3.37. The normalized spacial score (nSPS) is 11.4. The van der Waals surface area contributed by atoms with Gasteiger partial charge in [-0.25, -0.2) is 13.2 Å². The van der Waals surface area contributed by atoms with Gasteiger partial charge in [0, 0.05) is 16.5 Å². The zero-order chi connectivity index (χ0) is 29.1. The van der Waals surface area contributed by atoms with Crippen LogP contribution in [0.1, 0.15) is 45.7 Å². The molecule has 8 heteroatoms. The van der Waals surface area contributed by atoms with Crippen molar-refractivity contribution in [2.24, 2.45) is 0 Å². The number of benzene rings is 4. The molecule has 0 aliphatic rings. The third-order valence-electron chi connectivity index (χ3n) is 6.77. The quantitative estimate of drug-likeness (QED) is 0.184. The van der Waals surface area contributed by atoms with Crippen molar-refractivity contribution in [1.82, 2.24) is 0 Å². The summed E-state index contributed by atoms with van der Waals surface area (Å²) in [5, 5.41) is 0.332. The number of anilines is 1. The molecule has 0 atom stereocenters. The monoisotopic (exact) mass is 567 g/mol. The third kappa shape index (κ3) is 5.38.